The molecule has 1 aliphatic heterocycles. The van der Waals surface area contributed by atoms with E-state index < -0.39 is 5.82 Å². The van der Waals surface area contributed by atoms with Crippen LogP contribution in [0.5, 0.6) is 0 Å². The van der Waals surface area contributed by atoms with Gasteiger partial charge in [0, 0.05) is 25.6 Å². The maximum Gasteiger partial charge on any atom is 0.143 e. The second-order valence-electron chi connectivity index (χ2n) is 4.76. The highest BCUT2D eigenvalue weighted by Crippen LogP contribution is 2.22. The van der Waals surface area contributed by atoms with Gasteiger partial charge in [0.1, 0.15) is 28.5 Å². The molecule has 0 unspecified atom stereocenters. The first kappa shape index (κ1) is 11.1. The Bertz CT molecular complexity index is 636. The number of nitriles is 1. The summed E-state index contributed by atoms with van der Waals surface area (Å²) in [4.78, 5) is 2.20. The highest BCUT2D eigenvalue weighted by molar-refractivity contribution is 5.81. The maximum absolute atomic E-state index is 13.6. The highest BCUT2D eigenvalue weighted by Gasteiger charge is 2.25. The van der Waals surface area contributed by atoms with Gasteiger partial charge in [0.2, 0.25) is 0 Å². The van der Waals surface area contributed by atoms with Crippen molar-refractivity contribution >= 4 is 11.0 Å². The van der Waals surface area contributed by atoms with Crippen molar-refractivity contribution in [1.29, 1.82) is 5.26 Å². The summed E-state index contributed by atoms with van der Waals surface area (Å²) in [7, 11) is 2.05. The third-order valence-electron chi connectivity index (χ3n) is 3.31. The molecule has 1 saturated heterocycles. The fourth-order valence-corrected chi connectivity index (χ4v) is 2.47. The van der Waals surface area contributed by atoms with Crippen LogP contribution in [0.4, 0.5) is 4.39 Å². The molecule has 2 aromatic rings. The lowest BCUT2D eigenvalue weighted by Crippen LogP contribution is -2.45. The summed E-state index contributed by atoms with van der Waals surface area (Å²) >= 11 is 0. The summed E-state index contributed by atoms with van der Waals surface area (Å²) in [5.41, 5.74) is 1.11. The van der Waals surface area contributed by atoms with E-state index in [-0.39, 0.29) is 5.56 Å². The van der Waals surface area contributed by atoms with E-state index in [1.165, 1.54) is 6.07 Å². The Morgan fingerprint density at radius 1 is 1.50 bits per heavy atom. The van der Waals surface area contributed by atoms with Crippen molar-refractivity contribution in [1.82, 2.24) is 19.9 Å². The molecule has 6 heteroatoms. The van der Waals surface area contributed by atoms with Crippen LogP contribution in [0.1, 0.15) is 5.56 Å². The van der Waals surface area contributed by atoms with E-state index in [9.17, 15) is 4.39 Å². The van der Waals surface area contributed by atoms with E-state index in [1.807, 2.05) is 6.07 Å². The van der Waals surface area contributed by atoms with Crippen molar-refractivity contribution in [3.05, 3.63) is 23.5 Å². The molecule has 1 aromatic heterocycles. The molecule has 0 N–H and O–H groups in total. The Labute approximate surface area is 103 Å². The minimum absolute atomic E-state index is 0.0326. The predicted molar refractivity (Wildman–Crippen MR) is 63.2 cm³/mol. The van der Waals surface area contributed by atoms with Crippen LogP contribution in [0.2, 0.25) is 0 Å². The lowest BCUT2D eigenvalue weighted by Gasteiger charge is -2.35. The molecule has 1 aliphatic rings. The molecule has 0 radical (unpaired) electrons. The quantitative estimate of drug-likeness (QED) is 0.792. The van der Waals surface area contributed by atoms with Crippen LogP contribution in [-0.2, 0) is 6.54 Å². The minimum atomic E-state index is -0.515. The van der Waals surface area contributed by atoms with E-state index in [0.29, 0.717) is 23.5 Å². The highest BCUT2D eigenvalue weighted by atomic mass is 19.1. The van der Waals surface area contributed by atoms with Gasteiger partial charge in [-0.1, -0.05) is 5.21 Å². The molecule has 92 valence electrons. The molecule has 0 bridgehead atoms. The van der Waals surface area contributed by atoms with Gasteiger partial charge in [0.05, 0.1) is 0 Å². The number of rotatable bonds is 2. The van der Waals surface area contributed by atoms with E-state index in [2.05, 4.69) is 22.3 Å². The molecular weight excluding hydrogens is 233 g/mol. The molecule has 5 nitrogen and oxygen atoms in total. The zero-order valence-electron chi connectivity index (χ0n) is 9.97. The van der Waals surface area contributed by atoms with Gasteiger partial charge in [-0.2, -0.15) is 5.26 Å². The van der Waals surface area contributed by atoms with Crippen molar-refractivity contribution in [3.63, 3.8) is 0 Å². The van der Waals surface area contributed by atoms with E-state index in [1.54, 1.807) is 10.7 Å². The second-order valence-corrected chi connectivity index (χ2v) is 4.76. The zero-order valence-corrected chi connectivity index (χ0v) is 9.97. The summed E-state index contributed by atoms with van der Waals surface area (Å²) in [6.07, 6.45) is 0. The smallest absolute Gasteiger partial charge is 0.143 e. The number of halogens is 1. The van der Waals surface area contributed by atoms with Crippen molar-refractivity contribution in [2.45, 2.75) is 6.54 Å². The lowest BCUT2D eigenvalue weighted by atomic mass is 10.0. The number of aromatic nitrogens is 3. The van der Waals surface area contributed by atoms with Crippen LogP contribution in [0.3, 0.4) is 0 Å². The van der Waals surface area contributed by atoms with Gasteiger partial charge in [0.15, 0.2) is 0 Å². The summed E-state index contributed by atoms with van der Waals surface area (Å²) in [5, 5.41) is 17.0. The monoisotopic (exact) mass is 245 g/mol. The molecule has 3 rings (SSSR count). The van der Waals surface area contributed by atoms with Gasteiger partial charge in [-0.05, 0) is 19.2 Å². The maximum atomic E-state index is 13.6. The molecule has 0 spiro atoms. The molecule has 1 fully saturated rings. The number of hydrogen-bond acceptors (Lipinski definition) is 4. The van der Waals surface area contributed by atoms with Crippen molar-refractivity contribution in [3.8, 4) is 6.07 Å². The SMILES string of the molecule is CN1CC(Cn2nnc3ccc(F)c(C#N)c32)C1. The first-order valence-corrected chi connectivity index (χ1v) is 5.79. The Kier molecular flexibility index (Phi) is 2.49. The first-order chi connectivity index (χ1) is 8.69. The molecule has 2 heterocycles. The Balaban J connectivity index is 2.02. The number of benzene rings is 1. The van der Waals surface area contributed by atoms with Gasteiger partial charge in [0.25, 0.3) is 0 Å². The van der Waals surface area contributed by atoms with Crippen LogP contribution in [0.25, 0.3) is 11.0 Å². The summed E-state index contributed by atoms with van der Waals surface area (Å²) < 4.78 is 15.2. The van der Waals surface area contributed by atoms with Crippen LogP contribution in [0.15, 0.2) is 12.1 Å². The molecule has 0 saturated carbocycles. The second kappa shape index (κ2) is 4.03. The fraction of sp³-hybridized carbons (Fsp3) is 0.417. The van der Waals surface area contributed by atoms with Crippen molar-refractivity contribution in [2.75, 3.05) is 20.1 Å². The molecule has 0 aliphatic carbocycles. The Morgan fingerprint density at radius 2 is 2.28 bits per heavy atom. The minimum Gasteiger partial charge on any atom is -0.306 e. The normalized spacial score (nSPS) is 16.7. The number of fused-ring (bicyclic) bond motifs is 1. The largest absolute Gasteiger partial charge is 0.306 e. The van der Waals surface area contributed by atoms with Crippen LogP contribution in [0, 0.1) is 23.1 Å². The van der Waals surface area contributed by atoms with Crippen LogP contribution in [-0.4, -0.2) is 40.0 Å². The average Bonchev–Trinajstić information content (AvgIpc) is 2.71. The zero-order chi connectivity index (χ0) is 12.7. The van der Waals surface area contributed by atoms with Crippen LogP contribution >= 0.6 is 0 Å². The van der Waals surface area contributed by atoms with Gasteiger partial charge in [-0.25, -0.2) is 9.07 Å². The third kappa shape index (κ3) is 1.64. The molecular formula is C12H12FN5. The fourth-order valence-electron chi connectivity index (χ4n) is 2.47. The molecule has 1 aromatic carbocycles. The predicted octanol–water partition coefficient (Wildman–Crippen LogP) is 1.00. The molecule has 0 atom stereocenters. The van der Waals surface area contributed by atoms with Gasteiger partial charge in [-0.3, -0.25) is 0 Å². The standard InChI is InChI=1S/C12H12FN5/c1-17-5-8(6-17)7-18-12-9(4-14)10(13)2-3-11(12)15-16-18/h2-3,8H,5-7H2,1H3. The van der Waals surface area contributed by atoms with Gasteiger partial charge >= 0.3 is 0 Å². The van der Waals surface area contributed by atoms with Crippen LogP contribution < -0.4 is 0 Å². The number of nitrogens with zero attached hydrogens (tertiary/aromatic N) is 5. The van der Waals surface area contributed by atoms with E-state index in [4.69, 9.17) is 5.26 Å². The van der Waals surface area contributed by atoms with E-state index in [0.717, 1.165) is 13.1 Å². The number of hydrogen-bond donors (Lipinski definition) is 0. The Hall–Kier alpha value is -2.00. The van der Waals surface area contributed by atoms with Crippen molar-refractivity contribution in [2.24, 2.45) is 5.92 Å². The van der Waals surface area contributed by atoms with E-state index >= 15 is 0 Å². The number of likely N-dealkylation sites (tertiary alicyclic amines) is 1. The summed E-state index contributed by atoms with van der Waals surface area (Å²) in [6.45, 7) is 2.68. The third-order valence-corrected chi connectivity index (χ3v) is 3.31. The molecule has 0 amide bonds. The topological polar surface area (TPSA) is 57.7 Å². The summed E-state index contributed by atoms with van der Waals surface area (Å²) in [5.74, 6) is -0.0195. The van der Waals surface area contributed by atoms with Gasteiger partial charge in [-0.15, -0.1) is 5.10 Å². The molecule has 18 heavy (non-hydrogen) atoms. The average molecular weight is 245 g/mol. The Morgan fingerprint density at radius 3 is 2.94 bits per heavy atom. The van der Waals surface area contributed by atoms with Crippen molar-refractivity contribution < 1.29 is 4.39 Å². The first-order valence-electron chi connectivity index (χ1n) is 5.79. The lowest BCUT2D eigenvalue weighted by molar-refractivity contribution is 0.116. The summed E-state index contributed by atoms with van der Waals surface area (Å²) in [6, 6.07) is 4.71. The van der Waals surface area contributed by atoms with Gasteiger partial charge < -0.3 is 4.90 Å².